The van der Waals surface area contributed by atoms with E-state index in [-0.39, 0.29) is 23.4 Å². The first kappa shape index (κ1) is 29.9. The number of fused-ring (bicyclic) bond motifs is 2. The van der Waals surface area contributed by atoms with Gasteiger partial charge in [-0.3, -0.25) is 14.5 Å². The van der Waals surface area contributed by atoms with Crippen LogP contribution in [0.1, 0.15) is 59.9 Å². The summed E-state index contributed by atoms with van der Waals surface area (Å²) in [6.07, 6.45) is 4.12. The summed E-state index contributed by atoms with van der Waals surface area (Å²) < 4.78 is 85.0. The van der Waals surface area contributed by atoms with Crippen LogP contribution in [0.5, 0.6) is 0 Å². The third-order valence-corrected chi connectivity index (χ3v) is 11.2. The van der Waals surface area contributed by atoms with Crippen molar-refractivity contribution in [2.24, 2.45) is 18.4 Å². The van der Waals surface area contributed by atoms with E-state index in [1.807, 2.05) is 6.08 Å². The summed E-state index contributed by atoms with van der Waals surface area (Å²) in [5, 5.41) is 7.60. The summed E-state index contributed by atoms with van der Waals surface area (Å²) in [6, 6.07) is 7.36. The highest BCUT2D eigenvalue weighted by atomic mass is 32.2. The van der Waals surface area contributed by atoms with E-state index in [0.29, 0.717) is 41.8 Å². The van der Waals surface area contributed by atoms with Gasteiger partial charge in [-0.05, 0) is 93.0 Å². The van der Waals surface area contributed by atoms with Gasteiger partial charge in [-0.2, -0.15) is 23.4 Å². The second-order valence-electron chi connectivity index (χ2n) is 11.6. The number of alkyl halides is 3. The number of rotatable bonds is 6. The first-order chi connectivity index (χ1) is 20.8. The molecule has 2 aliphatic rings. The highest BCUT2D eigenvalue weighted by Gasteiger charge is 2.50. The third kappa shape index (κ3) is 5.16. The number of hydrogen-bond donors (Lipinski definition) is 0. The van der Waals surface area contributed by atoms with Crippen molar-refractivity contribution >= 4 is 21.7 Å². The van der Waals surface area contributed by atoms with Gasteiger partial charge in [0.25, 0.3) is 0 Å². The minimum Gasteiger partial charge on any atom is -0.291 e. The summed E-state index contributed by atoms with van der Waals surface area (Å²) in [5.41, 5.74) is -0.0270. The Kier molecular flexibility index (Phi) is 7.34. The van der Waals surface area contributed by atoms with Gasteiger partial charge in [-0.1, -0.05) is 5.57 Å². The molecular formula is C31H29F4N5O3S. The Hall–Kier alpha value is -4.13. The number of benzene rings is 1. The normalized spacial score (nSPS) is 21.1. The number of ketones is 1. The van der Waals surface area contributed by atoms with Crippen molar-refractivity contribution in [2.45, 2.75) is 55.3 Å². The van der Waals surface area contributed by atoms with Crippen LogP contribution in [-0.2, 0) is 29.5 Å². The predicted octanol–water partition coefficient (Wildman–Crippen LogP) is 6.02. The number of nitrogens with zero attached hydrogens (tertiary/aromatic N) is 5. The number of sulfone groups is 1. The van der Waals surface area contributed by atoms with Gasteiger partial charge in [0.15, 0.2) is 15.6 Å². The number of aryl methyl sites for hydroxylation is 1. The van der Waals surface area contributed by atoms with Crippen LogP contribution in [0.2, 0.25) is 0 Å². The van der Waals surface area contributed by atoms with Gasteiger partial charge in [0.1, 0.15) is 16.4 Å². The smallest absolute Gasteiger partial charge is 0.291 e. The summed E-state index contributed by atoms with van der Waals surface area (Å²) in [5.74, 6) is -1.49. The van der Waals surface area contributed by atoms with E-state index >= 15 is 0 Å². The number of carbonyl (C=O) groups excluding carboxylic acids is 1. The molecule has 44 heavy (non-hydrogen) atoms. The van der Waals surface area contributed by atoms with Crippen LogP contribution in [0.15, 0.2) is 71.7 Å². The molecule has 0 saturated heterocycles. The summed E-state index contributed by atoms with van der Waals surface area (Å²) in [7, 11) is -2.22. The topological polar surface area (TPSA) is 99.7 Å². The molecule has 0 radical (unpaired) electrons. The van der Waals surface area contributed by atoms with Crippen molar-refractivity contribution in [3.05, 3.63) is 95.1 Å². The zero-order chi connectivity index (χ0) is 31.4. The average Bonchev–Trinajstić information content (AvgIpc) is 3.56. The molecular weight excluding hydrogens is 598 g/mol. The molecule has 4 aromatic rings. The number of hydrogen-bond acceptors (Lipinski definition) is 6. The van der Waals surface area contributed by atoms with E-state index in [1.54, 1.807) is 37.0 Å². The van der Waals surface area contributed by atoms with Crippen molar-refractivity contribution < 1.29 is 30.8 Å². The number of pyridine rings is 1. The Balaban J connectivity index is 1.46. The minimum absolute atomic E-state index is 0.0685. The highest BCUT2D eigenvalue weighted by molar-refractivity contribution is 7.92. The van der Waals surface area contributed by atoms with Crippen LogP contribution >= 0.6 is 0 Å². The third-order valence-electron chi connectivity index (χ3n) is 8.92. The zero-order valence-electron chi connectivity index (χ0n) is 23.9. The SMILES string of the molecule is CC([C@H]1CCCC2=Cc3c(cnn3-c3ccc(F)cc3)C[C@]2(C(=O)c2cc(C(F)(F)F)ccn2)C1)S(=O)(=O)c1cnn(C)c1. The molecule has 13 heteroatoms. The maximum absolute atomic E-state index is 14.5. The zero-order valence-corrected chi connectivity index (χ0v) is 24.7. The molecule has 2 aliphatic carbocycles. The quantitative estimate of drug-likeness (QED) is 0.192. The molecule has 230 valence electrons. The molecule has 0 N–H and O–H groups in total. The molecule has 0 spiro atoms. The second-order valence-corrected chi connectivity index (χ2v) is 13.9. The Morgan fingerprint density at radius 2 is 1.86 bits per heavy atom. The van der Waals surface area contributed by atoms with Gasteiger partial charge < -0.3 is 0 Å². The van der Waals surface area contributed by atoms with Crippen molar-refractivity contribution in [1.82, 2.24) is 24.5 Å². The maximum Gasteiger partial charge on any atom is 0.416 e. The average molecular weight is 628 g/mol. The number of aromatic nitrogens is 5. The van der Waals surface area contributed by atoms with Gasteiger partial charge in [0, 0.05) is 19.4 Å². The highest BCUT2D eigenvalue weighted by Crippen LogP contribution is 2.52. The molecule has 3 heterocycles. The molecule has 0 bridgehead atoms. The van der Waals surface area contributed by atoms with Crippen molar-refractivity contribution in [1.29, 1.82) is 0 Å². The van der Waals surface area contributed by atoms with Crippen LogP contribution < -0.4 is 0 Å². The Labute approximate surface area is 251 Å². The number of halogens is 4. The molecule has 8 nitrogen and oxygen atoms in total. The van der Waals surface area contributed by atoms with Crippen LogP contribution in [0.4, 0.5) is 17.6 Å². The predicted molar refractivity (Wildman–Crippen MR) is 153 cm³/mol. The monoisotopic (exact) mass is 627 g/mol. The fourth-order valence-electron chi connectivity index (χ4n) is 6.54. The van der Waals surface area contributed by atoms with Gasteiger partial charge in [0.2, 0.25) is 0 Å². The fourth-order valence-corrected chi connectivity index (χ4v) is 8.20. The van der Waals surface area contributed by atoms with Crippen molar-refractivity contribution in [2.75, 3.05) is 0 Å². The van der Waals surface area contributed by atoms with E-state index in [9.17, 15) is 30.8 Å². The van der Waals surface area contributed by atoms with Gasteiger partial charge in [0.05, 0.1) is 40.0 Å². The molecule has 1 saturated carbocycles. The number of allylic oxidation sites excluding steroid dienone is 1. The van der Waals surface area contributed by atoms with Gasteiger partial charge in [-0.25, -0.2) is 17.5 Å². The minimum atomic E-state index is -4.68. The van der Waals surface area contributed by atoms with E-state index in [2.05, 4.69) is 15.2 Å². The molecule has 6 rings (SSSR count). The first-order valence-electron chi connectivity index (χ1n) is 14.1. The molecule has 3 aromatic heterocycles. The van der Waals surface area contributed by atoms with E-state index in [1.165, 1.54) is 29.2 Å². The van der Waals surface area contributed by atoms with Crippen molar-refractivity contribution in [3.63, 3.8) is 0 Å². The van der Waals surface area contributed by atoms with Crippen LogP contribution in [-0.4, -0.2) is 44.0 Å². The lowest BCUT2D eigenvalue weighted by Crippen LogP contribution is -2.41. The standard InChI is InChI=1S/C31H29F4N5O3S/c1-19(44(42,43)26-17-37-39(2)18-26)20-4-3-5-22-13-28-21(16-38-40(28)25-8-6-24(32)7-9-25)15-30(22,14-20)29(41)27-12-23(10-11-36-27)31(33,34)35/h6-13,16-20H,3-5,14-15H2,1-2H3/t19?,20-,30+/m0/s1. The lowest BCUT2D eigenvalue weighted by Gasteiger charge is -2.39. The maximum atomic E-state index is 14.5. The van der Waals surface area contributed by atoms with Gasteiger partial charge >= 0.3 is 6.18 Å². The Morgan fingerprint density at radius 1 is 1.11 bits per heavy atom. The van der Waals surface area contributed by atoms with Crippen molar-refractivity contribution in [3.8, 4) is 5.69 Å². The van der Waals surface area contributed by atoms with Crippen LogP contribution in [0, 0.1) is 17.2 Å². The number of carbonyl (C=O) groups is 1. The van der Waals surface area contributed by atoms with E-state index in [4.69, 9.17) is 0 Å². The summed E-state index contributed by atoms with van der Waals surface area (Å²) in [4.78, 5) is 18.6. The van der Waals surface area contributed by atoms with E-state index < -0.39 is 49.8 Å². The molecule has 3 atom stereocenters. The van der Waals surface area contributed by atoms with Gasteiger partial charge in [-0.15, -0.1) is 0 Å². The lowest BCUT2D eigenvalue weighted by atomic mass is 9.64. The molecule has 0 amide bonds. The molecule has 1 aromatic carbocycles. The Bertz CT molecular complexity index is 1880. The first-order valence-corrected chi connectivity index (χ1v) is 15.7. The molecule has 1 unspecified atom stereocenters. The molecule has 0 aliphatic heterocycles. The lowest BCUT2D eigenvalue weighted by molar-refractivity contribution is -0.137. The second kappa shape index (κ2) is 10.8. The van der Waals surface area contributed by atoms with Crippen LogP contribution in [0.3, 0.4) is 0 Å². The summed E-state index contributed by atoms with van der Waals surface area (Å²) in [6.45, 7) is 1.61. The molecule has 1 fully saturated rings. The number of Topliss-reactive ketones (excluding diaryl/α,β-unsaturated/α-hetero) is 1. The largest absolute Gasteiger partial charge is 0.416 e. The van der Waals surface area contributed by atoms with Crippen LogP contribution in [0.25, 0.3) is 11.8 Å². The summed E-state index contributed by atoms with van der Waals surface area (Å²) >= 11 is 0. The van der Waals surface area contributed by atoms with E-state index in [0.717, 1.165) is 18.3 Å². The Morgan fingerprint density at radius 3 is 2.55 bits per heavy atom. The fraction of sp³-hybridized carbons (Fsp3) is 0.355.